The van der Waals surface area contributed by atoms with Gasteiger partial charge in [0.1, 0.15) is 5.82 Å². The van der Waals surface area contributed by atoms with Crippen LogP contribution in [0.15, 0.2) is 30.3 Å². The molecule has 1 aromatic heterocycles. The number of hydrogen-bond donors (Lipinski definition) is 1. The van der Waals surface area contributed by atoms with Crippen LogP contribution in [0.25, 0.3) is 10.8 Å². The van der Waals surface area contributed by atoms with Gasteiger partial charge in [-0.25, -0.2) is 9.78 Å². The molecule has 0 amide bonds. The smallest absolute Gasteiger partial charge is 0.354 e. The van der Waals surface area contributed by atoms with Crippen molar-refractivity contribution < 1.29 is 9.90 Å². The van der Waals surface area contributed by atoms with Crippen LogP contribution in [0.5, 0.6) is 0 Å². The number of rotatable bonds is 2. The van der Waals surface area contributed by atoms with E-state index in [1.807, 2.05) is 24.3 Å². The van der Waals surface area contributed by atoms with Gasteiger partial charge in [-0.2, -0.15) is 0 Å². The number of anilines is 1. The van der Waals surface area contributed by atoms with Crippen molar-refractivity contribution in [3.8, 4) is 0 Å². The molecule has 1 fully saturated rings. The second-order valence-electron chi connectivity index (χ2n) is 6.19. The Balaban J connectivity index is 2.15. The third-order valence-electron chi connectivity index (χ3n) is 3.92. The van der Waals surface area contributed by atoms with Crippen molar-refractivity contribution in [3.05, 3.63) is 36.0 Å². The number of carboxylic acid groups (broad SMARTS) is 1. The number of carbonyl (C=O) groups is 1. The molecular weight excluding hydrogens is 252 g/mol. The maximum atomic E-state index is 11.3. The van der Waals surface area contributed by atoms with Crippen molar-refractivity contribution in [2.75, 3.05) is 18.0 Å². The molecule has 0 saturated carbocycles. The highest BCUT2D eigenvalue weighted by Crippen LogP contribution is 2.35. The van der Waals surface area contributed by atoms with Gasteiger partial charge in [-0.05, 0) is 23.3 Å². The number of pyridine rings is 1. The van der Waals surface area contributed by atoms with Crippen LogP contribution in [0.1, 0.15) is 30.8 Å². The summed E-state index contributed by atoms with van der Waals surface area (Å²) in [5.41, 5.74) is 0.366. The van der Waals surface area contributed by atoms with Gasteiger partial charge in [0.15, 0.2) is 5.69 Å². The molecule has 1 N–H and O–H groups in total. The lowest BCUT2D eigenvalue weighted by Crippen LogP contribution is -2.24. The molecular formula is C16H18N2O2. The molecule has 1 aliphatic rings. The lowest BCUT2D eigenvalue weighted by Gasteiger charge is -2.22. The van der Waals surface area contributed by atoms with E-state index in [0.29, 0.717) is 0 Å². The van der Waals surface area contributed by atoms with Crippen LogP contribution in [-0.4, -0.2) is 29.1 Å². The zero-order valence-electron chi connectivity index (χ0n) is 11.8. The van der Waals surface area contributed by atoms with Gasteiger partial charge in [0, 0.05) is 18.5 Å². The Bertz CT molecular complexity index is 679. The van der Waals surface area contributed by atoms with Crippen LogP contribution < -0.4 is 4.90 Å². The quantitative estimate of drug-likeness (QED) is 0.910. The Labute approximate surface area is 118 Å². The van der Waals surface area contributed by atoms with Crippen molar-refractivity contribution in [3.63, 3.8) is 0 Å². The first-order valence-corrected chi connectivity index (χ1v) is 6.84. The molecule has 0 bridgehead atoms. The SMILES string of the molecule is CC1(C)CCN(c2nc(C(=O)O)cc3ccccc23)C1. The second kappa shape index (κ2) is 4.47. The van der Waals surface area contributed by atoms with Gasteiger partial charge in [0.25, 0.3) is 0 Å². The molecule has 2 aromatic rings. The average molecular weight is 270 g/mol. The maximum absolute atomic E-state index is 11.3. The lowest BCUT2D eigenvalue weighted by atomic mass is 9.93. The van der Waals surface area contributed by atoms with Gasteiger partial charge in [-0.3, -0.25) is 0 Å². The molecule has 2 heterocycles. The molecule has 4 heteroatoms. The van der Waals surface area contributed by atoms with Crippen LogP contribution in [0.2, 0.25) is 0 Å². The fraction of sp³-hybridized carbons (Fsp3) is 0.375. The van der Waals surface area contributed by atoms with E-state index < -0.39 is 5.97 Å². The number of fused-ring (bicyclic) bond motifs is 1. The van der Waals surface area contributed by atoms with Crippen molar-refractivity contribution in [2.24, 2.45) is 5.41 Å². The Morgan fingerprint density at radius 2 is 2.10 bits per heavy atom. The van der Waals surface area contributed by atoms with Gasteiger partial charge in [0.05, 0.1) is 0 Å². The van der Waals surface area contributed by atoms with Crippen molar-refractivity contribution in [2.45, 2.75) is 20.3 Å². The highest BCUT2D eigenvalue weighted by molar-refractivity contribution is 5.98. The van der Waals surface area contributed by atoms with E-state index in [0.717, 1.165) is 36.1 Å². The van der Waals surface area contributed by atoms with E-state index in [2.05, 4.69) is 23.7 Å². The van der Waals surface area contributed by atoms with Gasteiger partial charge in [0.2, 0.25) is 0 Å². The largest absolute Gasteiger partial charge is 0.477 e. The normalized spacial score (nSPS) is 17.6. The molecule has 0 atom stereocenters. The van der Waals surface area contributed by atoms with Crippen molar-refractivity contribution in [1.29, 1.82) is 0 Å². The molecule has 1 aliphatic heterocycles. The highest BCUT2D eigenvalue weighted by Gasteiger charge is 2.31. The third-order valence-corrected chi connectivity index (χ3v) is 3.92. The molecule has 0 unspecified atom stereocenters. The zero-order chi connectivity index (χ0) is 14.3. The van der Waals surface area contributed by atoms with Crippen LogP contribution in [0.4, 0.5) is 5.82 Å². The summed E-state index contributed by atoms with van der Waals surface area (Å²) in [7, 11) is 0. The first kappa shape index (κ1) is 12.9. The first-order valence-electron chi connectivity index (χ1n) is 6.84. The van der Waals surface area contributed by atoms with E-state index >= 15 is 0 Å². The average Bonchev–Trinajstić information content (AvgIpc) is 2.77. The van der Waals surface area contributed by atoms with Crippen LogP contribution in [0.3, 0.4) is 0 Å². The molecule has 0 aliphatic carbocycles. The van der Waals surface area contributed by atoms with E-state index in [9.17, 15) is 9.90 Å². The number of aromatic carboxylic acids is 1. The van der Waals surface area contributed by atoms with Gasteiger partial charge in [-0.1, -0.05) is 38.1 Å². The van der Waals surface area contributed by atoms with E-state index in [1.54, 1.807) is 6.07 Å². The Morgan fingerprint density at radius 1 is 1.35 bits per heavy atom. The van der Waals surface area contributed by atoms with Gasteiger partial charge in [-0.15, -0.1) is 0 Å². The number of hydrogen-bond acceptors (Lipinski definition) is 3. The van der Waals surface area contributed by atoms with E-state index in [1.165, 1.54) is 0 Å². The Kier molecular flexibility index (Phi) is 2.89. The monoisotopic (exact) mass is 270 g/mol. The summed E-state index contributed by atoms with van der Waals surface area (Å²) in [5, 5.41) is 11.2. The fourth-order valence-corrected chi connectivity index (χ4v) is 2.82. The summed E-state index contributed by atoms with van der Waals surface area (Å²) in [6.45, 7) is 6.30. The molecule has 104 valence electrons. The molecule has 3 rings (SSSR count). The van der Waals surface area contributed by atoms with Gasteiger partial charge >= 0.3 is 5.97 Å². The fourth-order valence-electron chi connectivity index (χ4n) is 2.82. The number of benzene rings is 1. The molecule has 20 heavy (non-hydrogen) atoms. The number of nitrogens with zero attached hydrogens (tertiary/aromatic N) is 2. The molecule has 1 saturated heterocycles. The summed E-state index contributed by atoms with van der Waals surface area (Å²) in [5.74, 6) is -0.179. The standard InChI is InChI=1S/C16H18N2O2/c1-16(2)7-8-18(10-16)14-12-6-4-3-5-11(12)9-13(17-14)15(19)20/h3-6,9H,7-8,10H2,1-2H3,(H,19,20). The summed E-state index contributed by atoms with van der Waals surface area (Å²) in [6, 6.07) is 9.48. The highest BCUT2D eigenvalue weighted by atomic mass is 16.4. The minimum Gasteiger partial charge on any atom is -0.477 e. The van der Waals surface area contributed by atoms with Crippen LogP contribution >= 0.6 is 0 Å². The van der Waals surface area contributed by atoms with Crippen LogP contribution in [-0.2, 0) is 0 Å². The van der Waals surface area contributed by atoms with E-state index in [4.69, 9.17) is 0 Å². The molecule has 0 radical (unpaired) electrons. The molecule has 4 nitrogen and oxygen atoms in total. The lowest BCUT2D eigenvalue weighted by molar-refractivity contribution is 0.0691. The summed E-state index contributed by atoms with van der Waals surface area (Å²) in [4.78, 5) is 17.8. The summed E-state index contributed by atoms with van der Waals surface area (Å²) < 4.78 is 0. The molecule has 1 aromatic carbocycles. The predicted octanol–water partition coefficient (Wildman–Crippen LogP) is 3.17. The van der Waals surface area contributed by atoms with Crippen LogP contribution in [0, 0.1) is 5.41 Å². The Hall–Kier alpha value is -2.10. The minimum atomic E-state index is -0.976. The van der Waals surface area contributed by atoms with E-state index in [-0.39, 0.29) is 11.1 Å². The first-order chi connectivity index (χ1) is 9.46. The maximum Gasteiger partial charge on any atom is 0.354 e. The minimum absolute atomic E-state index is 0.114. The van der Waals surface area contributed by atoms with Crippen molar-refractivity contribution in [1.82, 2.24) is 4.98 Å². The third kappa shape index (κ3) is 2.22. The zero-order valence-corrected chi connectivity index (χ0v) is 11.8. The second-order valence-corrected chi connectivity index (χ2v) is 6.19. The number of aromatic nitrogens is 1. The predicted molar refractivity (Wildman–Crippen MR) is 79.3 cm³/mol. The summed E-state index contributed by atoms with van der Waals surface area (Å²) in [6.07, 6.45) is 1.10. The molecule has 0 spiro atoms. The summed E-state index contributed by atoms with van der Waals surface area (Å²) >= 11 is 0. The topological polar surface area (TPSA) is 53.4 Å². The van der Waals surface area contributed by atoms with Crippen molar-refractivity contribution >= 4 is 22.6 Å². The number of carboxylic acids is 1. The van der Waals surface area contributed by atoms with Gasteiger partial charge < -0.3 is 10.0 Å². The Morgan fingerprint density at radius 3 is 2.75 bits per heavy atom.